The average molecular weight is 742 g/mol. The molecule has 0 radical (unpaired) electrons. The lowest BCUT2D eigenvalue weighted by Crippen LogP contribution is -2.01. The minimum Gasteiger partial charge on any atom is -0.435 e. The number of oxazole rings is 1. The fraction of sp³-hybridized carbons (Fsp3) is 0. The first kappa shape index (κ1) is 32.3. The van der Waals surface area contributed by atoms with Crippen molar-refractivity contribution in [1.82, 2.24) is 24.5 Å². The summed E-state index contributed by atoms with van der Waals surface area (Å²) in [6.07, 6.45) is 0. The van der Waals surface area contributed by atoms with E-state index in [0.29, 0.717) is 23.4 Å². The molecule has 0 fully saturated rings. The van der Waals surface area contributed by atoms with E-state index in [9.17, 15) is 0 Å². The van der Waals surface area contributed by atoms with E-state index in [-0.39, 0.29) is 0 Å². The summed E-state index contributed by atoms with van der Waals surface area (Å²) in [5, 5.41) is 8.91. The summed E-state index contributed by atoms with van der Waals surface area (Å²) >= 11 is 0. The van der Waals surface area contributed by atoms with E-state index in [1.165, 1.54) is 10.8 Å². The second-order valence-corrected chi connectivity index (χ2v) is 14.6. The Hall–Kier alpha value is -7.96. The van der Waals surface area contributed by atoms with Crippen molar-refractivity contribution >= 4 is 65.2 Å². The van der Waals surface area contributed by atoms with Crippen LogP contribution in [-0.4, -0.2) is 24.5 Å². The molecule has 0 aliphatic heterocycles. The van der Waals surface area contributed by atoms with Gasteiger partial charge in [0.05, 0.1) is 11.0 Å². The Labute approximate surface area is 332 Å². The molecule has 0 N–H and O–H groups in total. The van der Waals surface area contributed by atoms with Crippen molar-refractivity contribution in [2.24, 2.45) is 0 Å². The number of aromatic nitrogens is 5. The van der Waals surface area contributed by atoms with Crippen LogP contribution < -0.4 is 0 Å². The van der Waals surface area contributed by atoms with Gasteiger partial charge < -0.3 is 8.98 Å². The molecule has 9 aromatic carbocycles. The van der Waals surface area contributed by atoms with E-state index in [2.05, 4.69) is 126 Å². The zero-order valence-corrected chi connectivity index (χ0v) is 31.0. The number of benzene rings is 9. The lowest BCUT2D eigenvalue weighted by atomic mass is 9.93. The van der Waals surface area contributed by atoms with Crippen LogP contribution in [0.1, 0.15) is 0 Å². The summed E-state index contributed by atoms with van der Waals surface area (Å²) in [7, 11) is 0. The van der Waals surface area contributed by atoms with Gasteiger partial charge in [0.1, 0.15) is 5.52 Å². The summed E-state index contributed by atoms with van der Waals surface area (Å²) in [6, 6.07) is 65.1. The molecule has 3 aromatic heterocycles. The van der Waals surface area contributed by atoms with Crippen LogP contribution in [0.2, 0.25) is 0 Å². The summed E-state index contributed by atoms with van der Waals surface area (Å²) in [5.74, 6) is 2.43. The summed E-state index contributed by atoms with van der Waals surface area (Å²) < 4.78 is 8.93. The predicted molar refractivity (Wildman–Crippen MR) is 236 cm³/mol. The van der Waals surface area contributed by atoms with Gasteiger partial charge in [0.25, 0.3) is 0 Å². The fourth-order valence-electron chi connectivity index (χ4n) is 8.60. The van der Waals surface area contributed by atoms with Crippen LogP contribution in [0, 0.1) is 0 Å². The van der Waals surface area contributed by atoms with Gasteiger partial charge in [0.15, 0.2) is 23.1 Å². The largest absolute Gasteiger partial charge is 0.435 e. The number of rotatable bonds is 5. The Bertz CT molecular complexity index is 3520. The SMILES string of the molecule is c1ccc(-c2nc(-c3cccc(-n4c5ccccc5c5ccccc54)c3)nc(-c3cccc4c3ccc3ccc5ccc6nc(-c7ccccc7)oc6c5c34)n2)cc1. The van der Waals surface area contributed by atoms with E-state index >= 15 is 0 Å². The molecule has 0 unspecified atom stereocenters. The molecule has 58 heavy (non-hydrogen) atoms. The fourth-order valence-corrected chi connectivity index (χ4v) is 8.60. The zero-order chi connectivity index (χ0) is 38.2. The van der Waals surface area contributed by atoms with Crippen LogP contribution in [0.15, 0.2) is 192 Å². The number of nitrogens with zero attached hydrogens (tertiary/aromatic N) is 5. The maximum atomic E-state index is 6.61. The monoisotopic (exact) mass is 741 g/mol. The summed E-state index contributed by atoms with van der Waals surface area (Å²) in [6.45, 7) is 0. The van der Waals surface area contributed by atoms with Gasteiger partial charge in [-0.25, -0.2) is 19.9 Å². The molecular weight excluding hydrogens is 711 g/mol. The van der Waals surface area contributed by atoms with Crippen molar-refractivity contribution in [3.63, 3.8) is 0 Å². The molecule has 0 saturated heterocycles. The lowest BCUT2D eigenvalue weighted by molar-refractivity contribution is 0.623. The van der Waals surface area contributed by atoms with Crippen molar-refractivity contribution in [3.8, 4) is 51.3 Å². The topological polar surface area (TPSA) is 69.6 Å². The number of para-hydroxylation sites is 2. The van der Waals surface area contributed by atoms with Crippen LogP contribution in [-0.2, 0) is 0 Å². The van der Waals surface area contributed by atoms with Crippen LogP contribution in [0.5, 0.6) is 0 Å². The quantitative estimate of drug-likeness (QED) is 0.164. The smallest absolute Gasteiger partial charge is 0.227 e. The van der Waals surface area contributed by atoms with Gasteiger partial charge in [-0.15, -0.1) is 0 Å². The number of hydrogen-bond acceptors (Lipinski definition) is 5. The molecule has 0 spiro atoms. The van der Waals surface area contributed by atoms with E-state index < -0.39 is 0 Å². The molecule has 12 aromatic rings. The molecular formula is C52H31N5O. The highest BCUT2D eigenvalue weighted by Crippen LogP contribution is 2.41. The highest BCUT2D eigenvalue weighted by atomic mass is 16.3. The first-order valence-electron chi connectivity index (χ1n) is 19.4. The highest BCUT2D eigenvalue weighted by Gasteiger charge is 2.19. The molecule has 0 aliphatic carbocycles. The third-order valence-electron chi connectivity index (χ3n) is 11.2. The molecule has 12 rings (SSSR count). The number of hydrogen-bond donors (Lipinski definition) is 0. The maximum Gasteiger partial charge on any atom is 0.227 e. The van der Waals surface area contributed by atoms with E-state index in [0.717, 1.165) is 82.4 Å². The van der Waals surface area contributed by atoms with Gasteiger partial charge >= 0.3 is 0 Å². The first-order chi connectivity index (χ1) is 28.7. The average Bonchev–Trinajstić information content (AvgIpc) is 3.89. The van der Waals surface area contributed by atoms with Crippen LogP contribution in [0.3, 0.4) is 0 Å². The first-order valence-corrected chi connectivity index (χ1v) is 19.4. The van der Waals surface area contributed by atoms with Crippen molar-refractivity contribution < 1.29 is 4.42 Å². The molecule has 270 valence electrons. The molecule has 0 atom stereocenters. The standard InChI is InChI=1S/C52H31N5O/c1-3-13-34(14-4-1)49-54-50(36-17-11-18-37(31-36)57-44-23-9-7-19-39(44)40-20-8-10-24-45(40)57)56-51(55-49)42-22-12-21-41-38(42)29-27-32-25-26-33-28-30-43-48(47(33)46(32)41)58-52(53-43)35-15-5-2-6-16-35/h1-31H. The Morgan fingerprint density at radius 1 is 0.379 bits per heavy atom. The molecule has 6 nitrogen and oxygen atoms in total. The molecule has 0 saturated carbocycles. The van der Waals surface area contributed by atoms with Crippen LogP contribution in [0.4, 0.5) is 0 Å². The summed E-state index contributed by atoms with van der Waals surface area (Å²) in [5.41, 5.74) is 8.62. The molecule has 0 bridgehead atoms. The van der Waals surface area contributed by atoms with E-state index in [4.69, 9.17) is 24.4 Å². The number of fused-ring (bicyclic) bond motifs is 10. The van der Waals surface area contributed by atoms with Crippen LogP contribution >= 0.6 is 0 Å². The minimum atomic E-state index is 0.603. The summed E-state index contributed by atoms with van der Waals surface area (Å²) in [4.78, 5) is 20.5. The van der Waals surface area contributed by atoms with E-state index in [1.807, 2.05) is 66.7 Å². The third kappa shape index (κ3) is 5.05. The Balaban J connectivity index is 1.08. The molecule has 3 heterocycles. The Morgan fingerprint density at radius 2 is 0.948 bits per heavy atom. The van der Waals surface area contributed by atoms with Gasteiger partial charge in [-0.1, -0.05) is 146 Å². The third-order valence-corrected chi connectivity index (χ3v) is 11.2. The van der Waals surface area contributed by atoms with Crippen molar-refractivity contribution in [2.75, 3.05) is 0 Å². The molecule has 0 amide bonds. The van der Waals surface area contributed by atoms with E-state index in [1.54, 1.807) is 0 Å². The predicted octanol–water partition coefficient (Wildman–Crippen LogP) is 13.2. The lowest BCUT2D eigenvalue weighted by Gasteiger charge is -2.13. The normalized spacial score (nSPS) is 11.8. The zero-order valence-electron chi connectivity index (χ0n) is 31.0. The Kier molecular flexibility index (Phi) is 7.13. The second kappa shape index (κ2) is 12.8. The van der Waals surface area contributed by atoms with Crippen molar-refractivity contribution in [3.05, 3.63) is 188 Å². The van der Waals surface area contributed by atoms with Gasteiger partial charge in [-0.2, -0.15) is 0 Å². The van der Waals surface area contributed by atoms with Gasteiger partial charge in [0.2, 0.25) is 5.89 Å². The molecule has 6 heteroatoms. The Morgan fingerprint density at radius 3 is 1.71 bits per heavy atom. The van der Waals surface area contributed by atoms with Gasteiger partial charge in [-0.05, 0) is 64.0 Å². The van der Waals surface area contributed by atoms with Crippen molar-refractivity contribution in [2.45, 2.75) is 0 Å². The van der Waals surface area contributed by atoms with Gasteiger partial charge in [0, 0.05) is 49.5 Å². The molecule has 0 aliphatic rings. The second-order valence-electron chi connectivity index (χ2n) is 14.6. The minimum absolute atomic E-state index is 0.603. The highest BCUT2D eigenvalue weighted by molar-refractivity contribution is 6.27. The van der Waals surface area contributed by atoms with Crippen molar-refractivity contribution in [1.29, 1.82) is 0 Å². The maximum absolute atomic E-state index is 6.61. The van der Waals surface area contributed by atoms with Crippen LogP contribution in [0.25, 0.3) is 117 Å². The van der Waals surface area contributed by atoms with Gasteiger partial charge in [-0.3, -0.25) is 0 Å².